The summed E-state index contributed by atoms with van der Waals surface area (Å²) in [6.07, 6.45) is 0. The number of allylic oxidation sites excluding steroid dienone is 1. The van der Waals surface area contributed by atoms with Crippen LogP contribution in [0.5, 0.6) is 5.75 Å². The van der Waals surface area contributed by atoms with Gasteiger partial charge in [-0.15, -0.1) is 0 Å². The lowest BCUT2D eigenvalue weighted by atomic mass is 9.95. The van der Waals surface area contributed by atoms with E-state index in [1.807, 2.05) is 0 Å². The molecule has 2 amide bonds. The largest absolute Gasteiger partial charge is 0.489 e. The summed E-state index contributed by atoms with van der Waals surface area (Å²) < 4.78 is 24.4. The maximum absolute atomic E-state index is 13.7. The number of hydrogen-bond donors (Lipinski definition) is 2. The van der Waals surface area contributed by atoms with Crippen LogP contribution in [0.4, 0.5) is 9.18 Å². The van der Waals surface area contributed by atoms with Crippen molar-refractivity contribution in [2.75, 3.05) is 6.61 Å². The fourth-order valence-corrected chi connectivity index (χ4v) is 2.96. The Morgan fingerprint density at radius 3 is 2.54 bits per heavy atom. The first-order valence-electron chi connectivity index (χ1n) is 8.91. The molecule has 0 saturated heterocycles. The van der Waals surface area contributed by atoms with Crippen molar-refractivity contribution in [1.82, 2.24) is 10.6 Å². The third kappa shape index (κ3) is 4.31. The highest BCUT2D eigenvalue weighted by Gasteiger charge is 2.32. The van der Waals surface area contributed by atoms with Crippen LogP contribution in [0.25, 0.3) is 0 Å². The van der Waals surface area contributed by atoms with Crippen LogP contribution in [0.2, 0.25) is 0 Å². The molecule has 2 N–H and O–H groups in total. The Kier molecular flexibility index (Phi) is 5.93. The normalized spacial score (nSPS) is 16.2. The highest BCUT2D eigenvalue weighted by Crippen LogP contribution is 2.29. The Balaban J connectivity index is 1.77. The smallest absolute Gasteiger partial charge is 0.338 e. The quantitative estimate of drug-likeness (QED) is 0.746. The number of esters is 1. The highest BCUT2D eigenvalue weighted by molar-refractivity contribution is 5.95. The zero-order valence-electron chi connectivity index (χ0n) is 15.6. The zero-order valence-corrected chi connectivity index (χ0v) is 15.6. The van der Waals surface area contributed by atoms with Gasteiger partial charge in [-0.05, 0) is 37.6 Å². The fraction of sp³-hybridized carbons (Fsp3) is 0.238. The first-order valence-corrected chi connectivity index (χ1v) is 8.91. The number of benzene rings is 2. The number of rotatable bonds is 6. The summed E-state index contributed by atoms with van der Waals surface area (Å²) in [6.45, 7) is 3.71. The van der Waals surface area contributed by atoms with Gasteiger partial charge in [-0.2, -0.15) is 0 Å². The molecule has 1 heterocycles. The van der Waals surface area contributed by atoms with E-state index in [1.54, 1.807) is 56.3 Å². The molecule has 1 unspecified atom stereocenters. The lowest BCUT2D eigenvalue weighted by molar-refractivity contribution is -0.139. The molecule has 6 nitrogen and oxygen atoms in total. The number of hydrogen-bond acceptors (Lipinski definition) is 4. The van der Waals surface area contributed by atoms with Crippen LogP contribution < -0.4 is 15.4 Å². The van der Waals surface area contributed by atoms with Gasteiger partial charge < -0.3 is 20.1 Å². The van der Waals surface area contributed by atoms with Crippen molar-refractivity contribution in [3.8, 4) is 5.75 Å². The summed E-state index contributed by atoms with van der Waals surface area (Å²) in [7, 11) is 0. The van der Waals surface area contributed by atoms with Crippen LogP contribution in [0, 0.1) is 5.82 Å². The number of halogens is 1. The molecule has 2 aromatic carbocycles. The van der Waals surface area contributed by atoms with Gasteiger partial charge in [0, 0.05) is 11.3 Å². The minimum atomic E-state index is -0.631. The van der Waals surface area contributed by atoms with Crippen molar-refractivity contribution in [3.05, 3.63) is 76.7 Å². The van der Waals surface area contributed by atoms with E-state index in [4.69, 9.17) is 9.47 Å². The standard InChI is InChI=1S/C21H21FN2O4/c1-3-27-20(25)18-13(2)23-21(26)24-19(18)14-8-10-16(11-9-14)28-12-15-6-4-5-7-17(15)22/h4-11,19H,3,12H2,1-2H3,(H2,23,24,26). The van der Waals surface area contributed by atoms with Crippen LogP contribution in [0.15, 0.2) is 59.8 Å². The predicted molar refractivity (Wildman–Crippen MR) is 101 cm³/mol. The molecule has 1 atom stereocenters. The minimum Gasteiger partial charge on any atom is -0.489 e. The summed E-state index contributed by atoms with van der Waals surface area (Å²) in [5.41, 5.74) is 1.96. The molecule has 28 heavy (non-hydrogen) atoms. The van der Waals surface area contributed by atoms with Gasteiger partial charge in [0.2, 0.25) is 0 Å². The van der Waals surface area contributed by atoms with E-state index in [0.29, 0.717) is 28.1 Å². The van der Waals surface area contributed by atoms with Crippen LogP contribution in [-0.2, 0) is 16.1 Å². The number of carbonyl (C=O) groups is 2. The molecular weight excluding hydrogens is 363 g/mol. The Labute approximate surface area is 162 Å². The van der Waals surface area contributed by atoms with E-state index in [1.165, 1.54) is 6.07 Å². The number of carbonyl (C=O) groups excluding carboxylic acids is 2. The van der Waals surface area contributed by atoms with Crippen molar-refractivity contribution in [2.45, 2.75) is 26.5 Å². The molecule has 0 fully saturated rings. The second-order valence-corrected chi connectivity index (χ2v) is 6.24. The van der Waals surface area contributed by atoms with E-state index in [0.717, 1.165) is 0 Å². The molecule has 146 valence electrons. The first kappa shape index (κ1) is 19.4. The monoisotopic (exact) mass is 384 g/mol. The summed E-state index contributed by atoms with van der Waals surface area (Å²) in [4.78, 5) is 24.2. The zero-order chi connectivity index (χ0) is 20.1. The first-order chi connectivity index (χ1) is 13.5. The van der Waals surface area contributed by atoms with E-state index in [9.17, 15) is 14.0 Å². The van der Waals surface area contributed by atoms with Crippen molar-refractivity contribution in [2.24, 2.45) is 0 Å². The maximum Gasteiger partial charge on any atom is 0.338 e. The van der Waals surface area contributed by atoms with Gasteiger partial charge in [-0.3, -0.25) is 0 Å². The molecule has 0 aromatic heterocycles. The molecule has 0 aliphatic carbocycles. The van der Waals surface area contributed by atoms with Crippen LogP contribution in [0.1, 0.15) is 31.0 Å². The molecule has 1 aliphatic rings. The Morgan fingerprint density at radius 2 is 1.86 bits per heavy atom. The fourth-order valence-electron chi connectivity index (χ4n) is 2.96. The molecule has 0 radical (unpaired) electrons. The summed E-state index contributed by atoms with van der Waals surface area (Å²) in [6, 6.07) is 12.3. The van der Waals surface area contributed by atoms with E-state index in [-0.39, 0.29) is 19.0 Å². The Bertz CT molecular complexity index is 909. The summed E-state index contributed by atoms with van der Waals surface area (Å²) >= 11 is 0. The topological polar surface area (TPSA) is 76.7 Å². The maximum atomic E-state index is 13.7. The molecule has 3 rings (SSSR count). The SMILES string of the molecule is CCOC(=O)C1=C(C)NC(=O)NC1c1ccc(OCc2ccccc2F)cc1. The van der Waals surface area contributed by atoms with Crippen molar-refractivity contribution in [3.63, 3.8) is 0 Å². The van der Waals surface area contributed by atoms with Gasteiger partial charge in [-0.1, -0.05) is 30.3 Å². The van der Waals surface area contributed by atoms with Crippen molar-refractivity contribution >= 4 is 12.0 Å². The summed E-state index contributed by atoms with van der Waals surface area (Å²) in [5.74, 6) is -0.265. The predicted octanol–water partition coefficient (Wildman–Crippen LogP) is 3.60. The van der Waals surface area contributed by atoms with Crippen LogP contribution >= 0.6 is 0 Å². The molecule has 7 heteroatoms. The average molecular weight is 384 g/mol. The van der Waals surface area contributed by atoms with Gasteiger partial charge in [-0.25, -0.2) is 14.0 Å². The number of nitrogens with one attached hydrogen (secondary N) is 2. The summed E-state index contributed by atoms with van der Waals surface area (Å²) in [5, 5.41) is 5.33. The Morgan fingerprint density at radius 1 is 1.14 bits per heavy atom. The van der Waals surface area contributed by atoms with Crippen LogP contribution in [-0.4, -0.2) is 18.6 Å². The highest BCUT2D eigenvalue weighted by atomic mass is 19.1. The second-order valence-electron chi connectivity index (χ2n) is 6.24. The van der Waals surface area contributed by atoms with E-state index >= 15 is 0 Å². The van der Waals surface area contributed by atoms with Gasteiger partial charge in [0.1, 0.15) is 18.2 Å². The third-order valence-electron chi connectivity index (χ3n) is 4.33. The average Bonchev–Trinajstić information content (AvgIpc) is 2.67. The van der Waals surface area contributed by atoms with Gasteiger partial charge >= 0.3 is 12.0 Å². The van der Waals surface area contributed by atoms with Crippen LogP contribution in [0.3, 0.4) is 0 Å². The number of urea groups is 1. The van der Waals surface area contributed by atoms with E-state index in [2.05, 4.69) is 10.6 Å². The van der Waals surface area contributed by atoms with Crippen molar-refractivity contribution < 1.29 is 23.5 Å². The lowest BCUT2D eigenvalue weighted by Crippen LogP contribution is -2.45. The molecule has 1 aliphatic heterocycles. The molecular formula is C21H21FN2O4. The molecule has 0 bridgehead atoms. The van der Waals surface area contributed by atoms with Gasteiger partial charge in [0.25, 0.3) is 0 Å². The molecule has 2 aromatic rings. The minimum absolute atomic E-state index is 0.100. The molecule has 0 spiro atoms. The van der Waals surface area contributed by atoms with Gasteiger partial charge in [0.15, 0.2) is 0 Å². The number of ether oxygens (including phenoxy) is 2. The van der Waals surface area contributed by atoms with E-state index < -0.39 is 18.0 Å². The lowest BCUT2D eigenvalue weighted by Gasteiger charge is -2.28. The second kappa shape index (κ2) is 8.56. The van der Waals surface area contributed by atoms with Gasteiger partial charge in [0.05, 0.1) is 18.2 Å². The number of amides is 2. The third-order valence-corrected chi connectivity index (χ3v) is 4.33. The molecule has 0 saturated carbocycles. The Hall–Kier alpha value is -3.35. The van der Waals surface area contributed by atoms with Crippen molar-refractivity contribution in [1.29, 1.82) is 0 Å².